The first-order valence-corrected chi connectivity index (χ1v) is 10.4. The summed E-state index contributed by atoms with van der Waals surface area (Å²) in [5.41, 5.74) is 4.52. The van der Waals surface area contributed by atoms with Crippen LogP contribution in [0.4, 0.5) is 11.5 Å². The second kappa shape index (κ2) is 8.60. The van der Waals surface area contributed by atoms with E-state index in [0.717, 1.165) is 47.8 Å². The summed E-state index contributed by atoms with van der Waals surface area (Å²) in [5.74, 6) is 1.95. The molecule has 0 spiro atoms. The summed E-state index contributed by atoms with van der Waals surface area (Å²) in [6, 6.07) is 11.9. The standard InChI is InChI=1S/C24H26N4O3/c1-16-17(2)28(14-20-7-5-11-31-20)24(21(16)13-25)26-23(29)15-27-10-4-6-18-12-19(30-3)8-9-22(18)27/h5,7-9,11-12H,4,6,10,14-15H2,1-3H3,(H,26,29). The van der Waals surface area contributed by atoms with Gasteiger partial charge in [-0.05, 0) is 68.1 Å². The molecule has 7 heteroatoms. The maximum absolute atomic E-state index is 13.0. The molecule has 0 bridgehead atoms. The Morgan fingerprint density at radius 3 is 2.87 bits per heavy atom. The molecule has 4 rings (SSSR count). The van der Waals surface area contributed by atoms with E-state index in [2.05, 4.69) is 16.3 Å². The topological polar surface area (TPSA) is 83.4 Å². The molecule has 0 fully saturated rings. The van der Waals surface area contributed by atoms with E-state index in [9.17, 15) is 10.1 Å². The van der Waals surface area contributed by atoms with Crippen molar-refractivity contribution in [2.24, 2.45) is 0 Å². The molecule has 3 heterocycles. The van der Waals surface area contributed by atoms with Gasteiger partial charge in [-0.1, -0.05) is 0 Å². The Morgan fingerprint density at radius 2 is 2.16 bits per heavy atom. The largest absolute Gasteiger partial charge is 0.497 e. The third-order valence-corrected chi connectivity index (χ3v) is 5.93. The molecule has 3 aromatic rings. The number of methoxy groups -OCH3 is 1. The third-order valence-electron chi connectivity index (χ3n) is 5.93. The van der Waals surface area contributed by atoms with Crippen LogP contribution >= 0.6 is 0 Å². The highest BCUT2D eigenvalue weighted by Gasteiger charge is 2.23. The minimum Gasteiger partial charge on any atom is -0.497 e. The number of hydrogen-bond acceptors (Lipinski definition) is 5. The number of ether oxygens (including phenoxy) is 1. The van der Waals surface area contributed by atoms with Crippen LogP contribution in [0.15, 0.2) is 41.0 Å². The van der Waals surface area contributed by atoms with Gasteiger partial charge in [0.2, 0.25) is 5.91 Å². The van der Waals surface area contributed by atoms with Gasteiger partial charge in [-0.15, -0.1) is 0 Å². The Bertz CT molecular complexity index is 1140. The van der Waals surface area contributed by atoms with Crippen LogP contribution in [0.5, 0.6) is 5.75 Å². The first-order chi connectivity index (χ1) is 15.0. The summed E-state index contributed by atoms with van der Waals surface area (Å²) in [5, 5.41) is 12.7. The highest BCUT2D eigenvalue weighted by molar-refractivity contribution is 5.95. The van der Waals surface area contributed by atoms with Crippen LogP contribution in [0.25, 0.3) is 0 Å². The zero-order valence-electron chi connectivity index (χ0n) is 18.1. The number of amides is 1. The van der Waals surface area contributed by atoms with Gasteiger partial charge in [0, 0.05) is 17.9 Å². The van der Waals surface area contributed by atoms with Crippen molar-refractivity contribution in [3.05, 3.63) is 64.7 Å². The van der Waals surface area contributed by atoms with Crippen molar-refractivity contribution < 1.29 is 13.9 Å². The van der Waals surface area contributed by atoms with Crippen molar-refractivity contribution in [2.75, 3.05) is 30.4 Å². The minimum atomic E-state index is -0.154. The minimum absolute atomic E-state index is 0.154. The normalized spacial score (nSPS) is 12.9. The van der Waals surface area contributed by atoms with E-state index in [4.69, 9.17) is 9.15 Å². The first kappa shape index (κ1) is 20.6. The van der Waals surface area contributed by atoms with Gasteiger partial charge in [0.1, 0.15) is 23.4 Å². The van der Waals surface area contributed by atoms with Gasteiger partial charge in [0.15, 0.2) is 0 Å². The van der Waals surface area contributed by atoms with Crippen LogP contribution in [-0.4, -0.2) is 30.7 Å². The number of aryl methyl sites for hydroxylation is 1. The molecule has 1 aromatic carbocycles. The summed E-state index contributed by atoms with van der Waals surface area (Å²) in [4.78, 5) is 15.1. The highest BCUT2D eigenvalue weighted by atomic mass is 16.5. The average Bonchev–Trinajstić information content (AvgIpc) is 3.36. The number of furan rings is 1. The van der Waals surface area contributed by atoms with Crippen LogP contribution in [0.1, 0.15) is 34.6 Å². The molecule has 0 aliphatic carbocycles. The molecule has 0 unspecified atom stereocenters. The Balaban J connectivity index is 1.57. The van der Waals surface area contributed by atoms with Crippen molar-refractivity contribution in [3.63, 3.8) is 0 Å². The molecule has 1 amide bonds. The third kappa shape index (κ3) is 4.02. The Morgan fingerprint density at radius 1 is 1.32 bits per heavy atom. The molecule has 2 aromatic heterocycles. The molecule has 0 radical (unpaired) electrons. The molecule has 160 valence electrons. The SMILES string of the molecule is COc1ccc2c(c1)CCCN2CC(=O)Nc1c(C#N)c(C)c(C)n1Cc1ccco1. The number of nitrogens with zero attached hydrogens (tertiary/aromatic N) is 3. The average molecular weight is 418 g/mol. The molecule has 1 aliphatic rings. The van der Waals surface area contributed by atoms with E-state index in [1.165, 1.54) is 5.56 Å². The lowest BCUT2D eigenvalue weighted by Crippen LogP contribution is -2.37. The monoisotopic (exact) mass is 418 g/mol. The van der Waals surface area contributed by atoms with E-state index in [0.29, 0.717) is 17.9 Å². The molecular weight excluding hydrogens is 392 g/mol. The Hall–Kier alpha value is -3.66. The highest BCUT2D eigenvalue weighted by Crippen LogP contribution is 2.31. The fraction of sp³-hybridized carbons (Fsp3) is 0.333. The lowest BCUT2D eigenvalue weighted by Gasteiger charge is -2.31. The molecule has 7 nitrogen and oxygen atoms in total. The number of nitrogens with one attached hydrogen (secondary N) is 1. The fourth-order valence-corrected chi connectivity index (χ4v) is 4.17. The lowest BCUT2D eigenvalue weighted by molar-refractivity contribution is -0.115. The fourth-order valence-electron chi connectivity index (χ4n) is 4.17. The lowest BCUT2D eigenvalue weighted by atomic mass is 10.0. The predicted octanol–water partition coefficient (Wildman–Crippen LogP) is 4.02. The van der Waals surface area contributed by atoms with Crippen LogP contribution in [-0.2, 0) is 17.8 Å². The van der Waals surface area contributed by atoms with Crippen molar-refractivity contribution in [2.45, 2.75) is 33.2 Å². The summed E-state index contributed by atoms with van der Waals surface area (Å²) in [6.45, 7) is 5.32. The Kier molecular flexibility index (Phi) is 5.72. The molecule has 0 saturated heterocycles. The molecule has 31 heavy (non-hydrogen) atoms. The number of rotatable bonds is 6. The van der Waals surface area contributed by atoms with Gasteiger partial charge in [0.05, 0.1) is 32.0 Å². The van der Waals surface area contributed by atoms with Gasteiger partial charge in [-0.3, -0.25) is 4.79 Å². The number of nitriles is 1. The van der Waals surface area contributed by atoms with E-state index in [-0.39, 0.29) is 12.5 Å². The number of hydrogen-bond donors (Lipinski definition) is 1. The zero-order chi connectivity index (χ0) is 22.0. The van der Waals surface area contributed by atoms with Gasteiger partial charge in [0.25, 0.3) is 0 Å². The summed E-state index contributed by atoms with van der Waals surface area (Å²) in [7, 11) is 1.66. The summed E-state index contributed by atoms with van der Waals surface area (Å²) in [6.07, 6.45) is 3.56. The number of aromatic nitrogens is 1. The van der Waals surface area contributed by atoms with Gasteiger partial charge in [-0.25, -0.2) is 0 Å². The van der Waals surface area contributed by atoms with E-state index in [1.54, 1.807) is 13.4 Å². The van der Waals surface area contributed by atoms with E-state index < -0.39 is 0 Å². The molecule has 1 aliphatic heterocycles. The number of anilines is 2. The second-order valence-electron chi connectivity index (χ2n) is 7.78. The van der Waals surface area contributed by atoms with E-state index >= 15 is 0 Å². The molecule has 0 atom stereocenters. The smallest absolute Gasteiger partial charge is 0.245 e. The van der Waals surface area contributed by atoms with Crippen molar-refractivity contribution >= 4 is 17.4 Å². The zero-order valence-corrected chi connectivity index (χ0v) is 18.1. The van der Waals surface area contributed by atoms with Crippen LogP contribution in [0, 0.1) is 25.2 Å². The molecular formula is C24H26N4O3. The quantitative estimate of drug-likeness (QED) is 0.654. The molecule has 0 saturated carbocycles. The first-order valence-electron chi connectivity index (χ1n) is 10.4. The van der Waals surface area contributed by atoms with Crippen molar-refractivity contribution in [3.8, 4) is 11.8 Å². The summed E-state index contributed by atoms with van der Waals surface area (Å²) >= 11 is 0. The number of benzene rings is 1. The van der Waals surface area contributed by atoms with Gasteiger partial charge < -0.3 is 23.9 Å². The number of carbonyl (C=O) groups is 1. The maximum Gasteiger partial charge on any atom is 0.245 e. The Labute approximate surface area is 181 Å². The van der Waals surface area contributed by atoms with Crippen molar-refractivity contribution in [1.29, 1.82) is 5.26 Å². The van der Waals surface area contributed by atoms with Crippen LogP contribution in [0.3, 0.4) is 0 Å². The second-order valence-corrected chi connectivity index (χ2v) is 7.78. The van der Waals surface area contributed by atoms with Crippen molar-refractivity contribution in [1.82, 2.24) is 4.57 Å². The number of carbonyl (C=O) groups excluding carboxylic acids is 1. The van der Waals surface area contributed by atoms with Crippen LogP contribution < -0.4 is 15.0 Å². The maximum atomic E-state index is 13.0. The van der Waals surface area contributed by atoms with E-state index in [1.807, 2.05) is 48.7 Å². The van der Waals surface area contributed by atoms with Gasteiger partial charge in [-0.2, -0.15) is 5.26 Å². The predicted molar refractivity (Wildman–Crippen MR) is 119 cm³/mol. The molecule has 1 N–H and O–H groups in total. The number of fused-ring (bicyclic) bond motifs is 1. The summed E-state index contributed by atoms with van der Waals surface area (Å²) < 4.78 is 12.7. The van der Waals surface area contributed by atoms with Crippen LogP contribution in [0.2, 0.25) is 0 Å². The van der Waals surface area contributed by atoms with Gasteiger partial charge >= 0.3 is 0 Å².